The molecule has 0 fully saturated rings. The molecule has 6 nitrogen and oxygen atoms in total. The second-order valence-electron chi connectivity index (χ2n) is 4.71. The molecule has 0 spiro atoms. The zero-order valence-electron chi connectivity index (χ0n) is 12.6. The summed E-state index contributed by atoms with van der Waals surface area (Å²) in [5.74, 6) is 1.30. The molecular formula is C16H13ClN4O2S. The first-order valence-electron chi connectivity index (χ1n) is 6.95. The van der Waals surface area contributed by atoms with Crippen molar-refractivity contribution in [1.29, 1.82) is 0 Å². The zero-order valence-corrected chi connectivity index (χ0v) is 14.2. The Balaban J connectivity index is 1.66. The number of carbonyl (C=O) groups excluding carboxylic acids is 1. The minimum Gasteiger partial charge on any atom is -0.495 e. The van der Waals surface area contributed by atoms with Crippen LogP contribution in [-0.4, -0.2) is 23.2 Å². The lowest BCUT2D eigenvalue weighted by atomic mass is 10.3. The second kappa shape index (κ2) is 7.29. The van der Waals surface area contributed by atoms with Crippen LogP contribution in [0.3, 0.4) is 0 Å². The van der Waals surface area contributed by atoms with Crippen LogP contribution in [0.15, 0.2) is 47.8 Å². The lowest BCUT2D eigenvalue weighted by Crippen LogP contribution is -2.12. The van der Waals surface area contributed by atoms with Gasteiger partial charge in [0.1, 0.15) is 5.75 Å². The molecule has 0 saturated carbocycles. The highest BCUT2D eigenvalue weighted by Gasteiger charge is 2.08. The fourth-order valence-electron chi connectivity index (χ4n) is 1.94. The van der Waals surface area contributed by atoms with Crippen molar-refractivity contribution < 1.29 is 9.53 Å². The number of ether oxygens (including phenoxy) is 1. The van der Waals surface area contributed by atoms with Crippen LogP contribution in [0.5, 0.6) is 5.75 Å². The van der Waals surface area contributed by atoms with E-state index in [4.69, 9.17) is 16.3 Å². The maximum Gasteiger partial charge on any atom is 0.266 e. The third kappa shape index (κ3) is 3.81. The smallest absolute Gasteiger partial charge is 0.266 e. The molecule has 0 saturated heterocycles. The van der Waals surface area contributed by atoms with Crippen LogP contribution in [0.2, 0.25) is 5.02 Å². The molecule has 0 radical (unpaired) electrons. The van der Waals surface area contributed by atoms with Gasteiger partial charge < -0.3 is 15.4 Å². The number of carbonyl (C=O) groups is 1. The van der Waals surface area contributed by atoms with E-state index < -0.39 is 0 Å². The quantitative estimate of drug-likeness (QED) is 0.713. The van der Waals surface area contributed by atoms with Crippen molar-refractivity contribution in [3.63, 3.8) is 0 Å². The highest BCUT2D eigenvalue weighted by atomic mass is 35.5. The van der Waals surface area contributed by atoms with Crippen molar-refractivity contribution in [3.8, 4) is 5.75 Å². The third-order valence-corrected chi connectivity index (χ3v) is 4.24. The molecule has 0 atom stereocenters. The number of thiophene rings is 1. The van der Waals surface area contributed by atoms with Crippen LogP contribution in [-0.2, 0) is 0 Å². The number of amides is 1. The molecule has 122 valence electrons. The van der Waals surface area contributed by atoms with Gasteiger partial charge in [-0.2, -0.15) is 0 Å². The first-order valence-corrected chi connectivity index (χ1v) is 8.20. The number of aromatic nitrogens is 2. The maximum absolute atomic E-state index is 11.9. The average Bonchev–Trinajstić information content (AvgIpc) is 3.11. The first-order chi connectivity index (χ1) is 11.7. The summed E-state index contributed by atoms with van der Waals surface area (Å²) in [4.78, 5) is 12.6. The van der Waals surface area contributed by atoms with E-state index in [-0.39, 0.29) is 5.91 Å². The Labute approximate surface area is 147 Å². The van der Waals surface area contributed by atoms with Crippen LogP contribution in [0.1, 0.15) is 9.67 Å². The van der Waals surface area contributed by atoms with E-state index in [1.165, 1.54) is 11.3 Å². The average molecular weight is 361 g/mol. The molecule has 0 bridgehead atoms. The Bertz CT molecular complexity index is 838. The van der Waals surface area contributed by atoms with Gasteiger partial charge in [-0.05, 0) is 41.8 Å². The normalized spacial score (nSPS) is 10.2. The van der Waals surface area contributed by atoms with Gasteiger partial charge in [0.05, 0.1) is 17.0 Å². The number of methoxy groups -OCH3 is 1. The summed E-state index contributed by atoms with van der Waals surface area (Å²) in [6, 6.07) is 12.3. The van der Waals surface area contributed by atoms with Crippen LogP contribution >= 0.6 is 22.9 Å². The topological polar surface area (TPSA) is 76.1 Å². The standard InChI is InChI=1S/C16H13ClN4O2S/c1-23-12-5-4-10(9-11(12)17)18-14-6-7-15(21-20-14)19-16(22)13-3-2-8-24-13/h2-9H,1H3,(H,18,20)(H,19,21,22). The summed E-state index contributed by atoms with van der Waals surface area (Å²) in [7, 11) is 1.56. The number of nitrogens with zero attached hydrogens (tertiary/aromatic N) is 2. The number of rotatable bonds is 5. The Kier molecular flexibility index (Phi) is 4.93. The fourth-order valence-corrected chi connectivity index (χ4v) is 2.82. The van der Waals surface area contributed by atoms with Crippen molar-refractivity contribution in [2.75, 3.05) is 17.7 Å². The van der Waals surface area contributed by atoms with Crippen LogP contribution in [0.4, 0.5) is 17.3 Å². The highest BCUT2D eigenvalue weighted by molar-refractivity contribution is 7.12. The van der Waals surface area contributed by atoms with E-state index in [2.05, 4.69) is 20.8 Å². The number of hydrogen-bond acceptors (Lipinski definition) is 6. The molecule has 0 unspecified atom stereocenters. The zero-order chi connectivity index (χ0) is 16.9. The van der Waals surface area contributed by atoms with Gasteiger partial charge in [-0.25, -0.2) is 0 Å². The van der Waals surface area contributed by atoms with Crippen molar-refractivity contribution in [2.45, 2.75) is 0 Å². The maximum atomic E-state index is 11.9. The summed E-state index contributed by atoms with van der Waals surface area (Å²) < 4.78 is 5.11. The van der Waals surface area contributed by atoms with Gasteiger partial charge in [-0.15, -0.1) is 21.5 Å². The Hall–Kier alpha value is -2.64. The van der Waals surface area contributed by atoms with Crippen LogP contribution in [0.25, 0.3) is 0 Å². The van der Waals surface area contributed by atoms with E-state index in [1.807, 2.05) is 17.5 Å². The number of hydrogen-bond donors (Lipinski definition) is 2. The number of nitrogens with one attached hydrogen (secondary N) is 2. The molecular weight excluding hydrogens is 348 g/mol. The first kappa shape index (κ1) is 16.2. The number of halogens is 1. The largest absolute Gasteiger partial charge is 0.495 e. The van der Waals surface area contributed by atoms with Gasteiger partial charge in [-0.3, -0.25) is 4.79 Å². The van der Waals surface area contributed by atoms with E-state index in [0.717, 1.165) is 5.69 Å². The Morgan fingerprint density at radius 1 is 1.17 bits per heavy atom. The molecule has 0 aliphatic heterocycles. The van der Waals surface area contributed by atoms with E-state index in [1.54, 1.807) is 37.4 Å². The van der Waals surface area contributed by atoms with Crippen molar-refractivity contribution in [2.24, 2.45) is 0 Å². The van der Waals surface area contributed by atoms with Gasteiger partial charge in [0.15, 0.2) is 11.6 Å². The molecule has 2 aromatic heterocycles. The van der Waals surface area contributed by atoms with Crippen molar-refractivity contribution in [1.82, 2.24) is 10.2 Å². The van der Waals surface area contributed by atoms with E-state index >= 15 is 0 Å². The molecule has 1 amide bonds. The van der Waals surface area contributed by atoms with Crippen molar-refractivity contribution >= 4 is 46.2 Å². The molecule has 1 aromatic carbocycles. The van der Waals surface area contributed by atoms with E-state index in [0.29, 0.717) is 27.3 Å². The summed E-state index contributed by atoms with van der Waals surface area (Å²) in [6.45, 7) is 0. The monoisotopic (exact) mass is 360 g/mol. The molecule has 0 aliphatic carbocycles. The number of anilines is 3. The minimum atomic E-state index is -0.207. The van der Waals surface area contributed by atoms with Crippen LogP contribution in [0, 0.1) is 0 Å². The van der Waals surface area contributed by atoms with Gasteiger partial charge in [0.2, 0.25) is 0 Å². The summed E-state index contributed by atoms with van der Waals surface area (Å²) in [5.41, 5.74) is 0.755. The Morgan fingerprint density at radius 2 is 1.96 bits per heavy atom. The molecule has 8 heteroatoms. The molecule has 2 heterocycles. The Morgan fingerprint density at radius 3 is 2.58 bits per heavy atom. The highest BCUT2D eigenvalue weighted by Crippen LogP contribution is 2.28. The van der Waals surface area contributed by atoms with Gasteiger partial charge in [0, 0.05) is 5.69 Å². The third-order valence-electron chi connectivity index (χ3n) is 3.08. The lowest BCUT2D eigenvalue weighted by molar-refractivity contribution is 0.103. The minimum absolute atomic E-state index is 0.207. The van der Waals surface area contributed by atoms with Crippen molar-refractivity contribution in [3.05, 3.63) is 57.7 Å². The molecule has 24 heavy (non-hydrogen) atoms. The SMILES string of the molecule is COc1ccc(Nc2ccc(NC(=O)c3cccs3)nn2)cc1Cl. The summed E-state index contributed by atoms with van der Waals surface area (Å²) in [6.07, 6.45) is 0. The van der Waals surface area contributed by atoms with Gasteiger partial charge in [-0.1, -0.05) is 17.7 Å². The molecule has 0 aliphatic rings. The molecule has 3 rings (SSSR count). The lowest BCUT2D eigenvalue weighted by Gasteiger charge is -2.08. The van der Waals surface area contributed by atoms with E-state index in [9.17, 15) is 4.79 Å². The fraction of sp³-hybridized carbons (Fsp3) is 0.0625. The predicted molar refractivity (Wildman–Crippen MR) is 95.6 cm³/mol. The predicted octanol–water partition coefficient (Wildman–Crippen LogP) is 4.20. The molecule has 2 N–H and O–H groups in total. The van der Waals surface area contributed by atoms with Gasteiger partial charge >= 0.3 is 0 Å². The summed E-state index contributed by atoms with van der Waals surface area (Å²) >= 11 is 7.44. The molecule has 3 aromatic rings. The second-order valence-corrected chi connectivity index (χ2v) is 6.06. The van der Waals surface area contributed by atoms with Gasteiger partial charge in [0.25, 0.3) is 5.91 Å². The summed E-state index contributed by atoms with van der Waals surface area (Å²) in [5, 5.41) is 16.1. The van der Waals surface area contributed by atoms with Crippen LogP contribution < -0.4 is 15.4 Å². The number of benzene rings is 1.